The lowest BCUT2D eigenvalue weighted by Crippen LogP contribution is -2.47. The van der Waals surface area contributed by atoms with Gasteiger partial charge >= 0.3 is 0 Å². The Hall–Kier alpha value is -0.580. The van der Waals surface area contributed by atoms with Gasteiger partial charge in [0.2, 0.25) is 5.91 Å². The summed E-state index contributed by atoms with van der Waals surface area (Å²) < 4.78 is 22.8. The fourth-order valence-corrected chi connectivity index (χ4v) is 4.87. The Kier molecular flexibility index (Phi) is 10.7. The van der Waals surface area contributed by atoms with E-state index in [0.717, 1.165) is 32.4 Å². The first-order valence-electron chi connectivity index (χ1n) is 10.5. The SMILES string of the molecule is CN=C(NCC(C)(C)CCS(C)(=O)=O)NC1CCN(C(=O)C2CCCCC2)C1.I. The standard InChI is InChI=1S/C20H38N4O3S.HI/c1-20(2,11-13-28(4,26)27)15-22-19(21-3)23-17-10-12-24(14-17)18(25)16-8-6-5-7-9-16;/h16-17H,5-15H2,1-4H3,(H2,21,22,23);1H. The molecule has 1 unspecified atom stereocenters. The van der Waals surface area contributed by atoms with Crippen LogP contribution in [0.25, 0.3) is 0 Å². The van der Waals surface area contributed by atoms with Crippen molar-refractivity contribution in [2.24, 2.45) is 16.3 Å². The van der Waals surface area contributed by atoms with E-state index in [4.69, 9.17) is 0 Å². The predicted octanol–water partition coefficient (Wildman–Crippen LogP) is 2.41. The summed E-state index contributed by atoms with van der Waals surface area (Å²) in [6.07, 6.45) is 8.50. The molecule has 2 N–H and O–H groups in total. The number of nitrogens with zero attached hydrogens (tertiary/aromatic N) is 2. The van der Waals surface area contributed by atoms with Crippen LogP contribution in [-0.4, -0.2) is 69.9 Å². The minimum Gasteiger partial charge on any atom is -0.356 e. The molecule has 2 aliphatic rings. The number of amides is 1. The quantitative estimate of drug-likeness (QED) is 0.293. The van der Waals surface area contributed by atoms with Crippen LogP contribution in [0.4, 0.5) is 0 Å². The second-order valence-corrected chi connectivity index (χ2v) is 11.5. The smallest absolute Gasteiger partial charge is 0.225 e. The van der Waals surface area contributed by atoms with Crippen LogP contribution in [0.3, 0.4) is 0 Å². The topological polar surface area (TPSA) is 90.9 Å². The van der Waals surface area contributed by atoms with Gasteiger partial charge in [-0.2, -0.15) is 0 Å². The zero-order chi connectivity index (χ0) is 20.8. The first kappa shape index (κ1) is 26.5. The van der Waals surface area contributed by atoms with Gasteiger partial charge in [-0.1, -0.05) is 33.1 Å². The van der Waals surface area contributed by atoms with E-state index < -0.39 is 9.84 Å². The Morgan fingerprint density at radius 3 is 2.41 bits per heavy atom. The number of hydrogen-bond acceptors (Lipinski definition) is 4. The van der Waals surface area contributed by atoms with Crippen molar-refractivity contribution in [2.45, 2.75) is 64.8 Å². The van der Waals surface area contributed by atoms with E-state index in [9.17, 15) is 13.2 Å². The molecule has 7 nitrogen and oxygen atoms in total. The predicted molar refractivity (Wildman–Crippen MR) is 130 cm³/mol. The second-order valence-electron chi connectivity index (χ2n) is 9.22. The maximum Gasteiger partial charge on any atom is 0.225 e. The van der Waals surface area contributed by atoms with Crippen molar-refractivity contribution in [3.05, 3.63) is 0 Å². The highest BCUT2D eigenvalue weighted by Crippen LogP contribution is 2.26. The number of halogens is 1. The number of nitrogens with one attached hydrogen (secondary N) is 2. The molecule has 0 spiro atoms. The van der Waals surface area contributed by atoms with Crippen molar-refractivity contribution in [1.29, 1.82) is 0 Å². The molecule has 0 bridgehead atoms. The summed E-state index contributed by atoms with van der Waals surface area (Å²) in [5.41, 5.74) is -0.153. The Labute approximate surface area is 193 Å². The van der Waals surface area contributed by atoms with Crippen molar-refractivity contribution < 1.29 is 13.2 Å². The molecule has 1 amide bonds. The molecule has 170 valence electrons. The average Bonchev–Trinajstić information content (AvgIpc) is 3.12. The highest BCUT2D eigenvalue weighted by molar-refractivity contribution is 14.0. The molecule has 1 aliphatic heterocycles. The van der Waals surface area contributed by atoms with Crippen LogP contribution >= 0.6 is 24.0 Å². The van der Waals surface area contributed by atoms with Gasteiger partial charge in [0.15, 0.2) is 5.96 Å². The van der Waals surface area contributed by atoms with Crippen LogP contribution in [0.5, 0.6) is 0 Å². The lowest BCUT2D eigenvalue weighted by molar-refractivity contribution is -0.135. The van der Waals surface area contributed by atoms with Crippen LogP contribution < -0.4 is 10.6 Å². The van der Waals surface area contributed by atoms with E-state index in [2.05, 4.69) is 29.5 Å². The van der Waals surface area contributed by atoms with Gasteiger partial charge in [-0.3, -0.25) is 9.79 Å². The Balaban J connectivity index is 0.00000420. The van der Waals surface area contributed by atoms with Crippen molar-refractivity contribution in [2.75, 3.05) is 38.7 Å². The van der Waals surface area contributed by atoms with E-state index in [1.165, 1.54) is 25.5 Å². The Morgan fingerprint density at radius 1 is 1.17 bits per heavy atom. The Bertz CT molecular complexity index is 661. The third-order valence-corrected chi connectivity index (χ3v) is 6.85. The molecular formula is C20H39IN4O3S. The normalized spacial score (nSPS) is 21.6. The average molecular weight is 543 g/mol. The number of aliphatic imine (C=N–C) groups is 1. The molecule has 0 aromatic rings. The number of likely N-dealkylation sites (tertiary alicyclic amines) is 1. The number of hydrogen-bond donors (Lipinski definition) is 2. The third-order valence-electron chi connectivity index (χ3n) is 5.90. The molecule has 1 aliphatic carbocycles. The fourth-order valence-electron chi connectivity index (χ4n) is 3.95. The monoisotopic (exact) mass is 542 g/mol. The van der Waals surface area contributed by atoms with E-state index in [1.807, 2.05) is 4.90 Å². The molecule has 9 heteroatoms. The second kappa shape index (κ2) is 11.7. The molecule has 1 saturated carbocycles. The van der Waals surface area contributed by atoms with Crippen molar-refractivity contribution in [1.82, 2.24) is 15.5 Å². The molecule has 1 heterocycles. The molecule has 0 radical (unpaired) electrons. The van der Waals surface area contributed by atoms with Gasteiger partial charge in [0.1, 0.15) is 9.84 Å². The molecular weight excluding hydrogens is 503 g/mol. The number of sulfone groups is 1. The van der Waals surface area contributed by atoms with Gasteiger partial charge < -0.3 is 15.5 Å². The van der Waals surface area contributed by atoms with Crippen LogP contribution in [0.1, 0.15) is 58.8 Å². The van der Waals surface area contributed by atoms with Gasteiger partial charge in [0.25, 0.3) is 0 Å². The molecule has 2 rings (SSSR count). The number of carbonyl (C=O) groups excluding carboxylic acids is 1. The summed E-state index contributed by atoms with van der Waals surface area (Å²) in [7, 11) is -1.22. The molecule has 0 aromatic heterocycles. The van der Waals surface area contributed by atoms with Crippen molar-refractivity contribution in [3.63, 3.8) is 0 Å². The summed E-state index contributed by atoms with van der Waals surface area (Å²) in [5, 5.41) is 6.75. The van der Waals surface area contributed by atoms with Crippen LogP contribution in [0.2, 0.25) is 0 Å². The zero-order valence-corrected chi connectivity index (χ0v) is 21.5. The van der Waals surface area contributed by atoms with Gasteiger partial charge in [-0.15, -0.1) is 24.0 Å². The van der Waals surface area contributed by atoms with Crippen LogP contribution in [0.15, 0.2) is 4.99 Å². The summed E-state index contributed by atoms with van der Waals surface area (Å²) in [6.45, 7) is 6.29. The highest BCUT2D eigenvalue weighted by Gasteiger charge is 2.32. The minimum absolute atomic E-state index is 0. The van der Waals surface area contributed by atoms with E-state index in [-0.39, 0.29) is 47.1 Å². The zero-order valence-electron chi connectivity index (χ0n) is 18.4. The molecule has 29 heavy (non-hydrogen) atoms. The lowest BCUT2D eigenvalue weighted by atomic mass is 9.88. The summed E-state index contributed by atoms with van der Waals surface area (Å²) >= 11 is 0. The van der Waals surface area contributed by atoms with Crippen LogP contribution in [-0.2, 0) is 14.6 Å². The van der Waals surface area contributed by atoms with Gasteiger partial charge in [0, 0.05) is 44.9 Å². The molecule has 0 aromatic carbocycles. The largest absolute Gasteiger partial charge is 0.356 e. The fraction of sp³-hybridized carbons (Fsp3) is 0.900. The molecule has 1 saturated heterocycles. The van der Waals surface area contributed by atoms with Gasteiger partial charge in [-0.25, -0.2) is 8.42 Å². The lowest BCUT2D eigenvalue weighted by Gasteiger charge is -2.27. The first-order valence-corrected chi connectivity index (χ1v) is 12.6. The van der Waals surface area contributed by atoms with Crippen molar-refractivity contribution in [3.8, 4) is 0 Å². The number of carbonyl (C=O) groups is 1. The summed E-state index contributed by atoms with van der Waals surface area (Å²) in [6, 6.07) is 0.206. The maximum absolute atomic E-state index is 12.7. The molecule has 1 atom stereocenters. The van der Waals surface area contributed by atoms with Crippen LogP contribution in [0, 0.1) is 11.3 Å². The summed E-state index contributed by atoms with van der Waals surface area (Å²) in [4.78, 5) is 19.0. The van der Waals surface area contributed by atoms with Gasteiger partial charge in [0.05, 0.1) is 5.75 Å². The first-order chi connectivity index (χ1) is 13.1. The third kappa shape index (κ3) is 9.40. The van der Waals surface area contributed by atoms with E-state index in [1.54, 1.807) is 7.05 Å². The van der Waals surface area contributed by atoms with Gasteiger partial charge in [-0.05, 0) is 31.1 Å². The van der Waals surface area contributed by atoms with Crippen molar-refractivity contribution >= 4 is 45.7 Å². The number of rotatable bonds is 7. The summed E-state index contributed by atoms with van der Waals surface area (Å²) in [5.74, 6) is 1.45. The number of guanidine groups is 1. The van der Waals surface area contributed by atoms with E-state index in [0.29, 0.717) is 24.8 Å². The highest BCUT2D eigenvalue weighted by atomic mass is 127. The minimum atomic E-state index is -2.95. The maximum atomic E-state index is 12.7. The van der Waals surface area contributed by atoms with E-state index >= 15 is 0 Å². The molecule has 2 fully saturated rings. The Morgan fingerprint density at radius 2 is 1.83 bits per heavy atom.